The normalized spacial score (nSPS) is 13.0. The molecule has 3 aromatic rings. The Morgan fingerprint density at radius 2 is 1.59 bits per heavy atom. The molecule has 1 amide bonds. The summed E-state index contributed by atoms with van der Waals surface area (Å²) in [6.45, 7) is 9.46. The lowest BCUT2D eigenvalue weighted by atomic mass is 9.84. The molecule has 0 radical (unpaired) electrons. The summed E-state index contributed by atoms with van der Waals surface area (Å²) >= 11 is 0. The van der Waals surface area contributed by atoms with Gasteiger partial charge >= 0.3 is 5.97 Å². The zero-order valence-electron chi connectivity index (χ0n) is 22.5. The van der Waals surface area contributed by atoms with E-state index in [2.05, 4.69) is 36.5 Å². The summed E-state index contributed by atoms with van der Waals surface area (Å²) in [5.74, 6) is -1.02. The van der Waals surface area contributed by atoms with Gasteiger partial charge in [-0.15, -0.1) is 0 Å². The Balaban J connectivity index is 1.83. The van der Waals surface area contributed by atoms with Crippen LogP contribution in [0.15, 0.2) is 73.1 Å². The first kappa shape index (κ1) is 27.9. The maximum atomic E-state index is 13.5. The van der Waals surface area contributed by atoms with Crippen LogP contribution in [0.4, 0.5) is 0 Å². The van der Waals surface area contributed by atoms with E-state index in [4.69, 9.17) is 4.74 Å². The van der Waals surface area contributed by atoms with Gasteiger partial charge in [0, 0.05) is 12.4 Å². The van der Waals surface area contributed by atoms with E-state index in [1.165, 1.54) is 12.5 Å². The number of esters is 1. The van der Waals surface area contributed by atoms with E-state index in [1.807, 2.05) is 63.4 Å². The molecule has 0 bridgehead atoms. The number of benzene rings is 2. The maximum Gasteiger partial charge on any atom is 0.308 e. The molecule has 1 N–H and O–H groups in total. The van der Waals surface area contributed by atoms with Gasteiger partial charge < -0.3 is 14.6 Å². The lowest BCUT2D eigenvalue weighted by Crippen LogP contribution is -2.50. The molecule has 0 aliphatic carbocycles. The summed E-state index contributed by atoms with van der Waals surface area (Å²) in [7, 11) is 0. The summed E-state index contributed by atoms with van der Waals surface area (Å²) in [6.07, 6.45) is 5.62. The van der Waals surface area contributed by atoms with E-state index in [0.29, 0.717) is 0 Å². The van der Waals surface area contributed by atoms with Gasteiger partial charge in [-0.25, -0.2) is 0 Å². The van der Waals surface area contributed by atoms with Crippen molar-refractivity contribution in [2.45, 2.75) is 72.6 Å². The van der Waals surface area contributed by atoms with Crippen molar-refractivity contribution in [3.63, 3.8) is 0 Å². The van der Waals surface area contributed by atoms with E-state index in [0.717, 1.165) is 29.5 Å². The Kier molecular flexibility index (Phi) is 9.45. The highest BCUT2D eigenvalue weighted by Gasteiger charge is 2.33. The van der Waals surface area contributed by atoms with E-state index in [-0.39, 0.29) is 18.8 Å². The first-order chi connectivity index (χ1) is 17.6. The van der Waals surface area contributed by atoms with Crippen LogP contribution in [0.1, 0.15) is 64.6 Å². The number of carbonyl (C=O) groups excluding carboxylic acids is 3. The first-order valence-electron chi connectivity index (χ1n) is 12.9. The van der Waals surface area contributed by atoms with Gasteiger partial charge in [0.05, 0.1) is 12.5 Å². The van der Waals surface area contributed by atoms with Gasteiger partial charge in [-0.3, -0.25) is 14.4 Å². The number of hydrogen-bond donors (Lipinski definition) is 1. The molecule has 0 saturated carbocycles. The maximum absolute atomic E-state index is 13.5. The summed E-state index contributed by atoms with van der Waals surface area (Å²) in [6, 6.07) is 18.2. The van der Waals surface area contributed by atoms with Gasteiger partial charge in [-0.2, -0.15) is 0 Å². The first-order valence-corrected chi connectivity index (χ1v) is 12.9. The summed E-state index contributed by atoms with van der Waals surface area (Å²) in [4.78, 5) is 38.6. The molecule has 0 spiro atoms. The van der Waals surface area contributed by atoms with Crippen molar-refractivity contribution in [3.8, 4) is 11.1 Å². The van der Waals surface area contributed by atoms with Crippen molar-refractivity contribution in [1.29, 1.82) is 0 Å². The third kappa shape index (κ3) is 7.91. The Labute approximate surface area is 220 Å². The molecule has 3 rings (SSSR count). The minimum absolute atomic E-state index is 0.132. The lowest BCUT2D eigenvalue weighted by molar-refractivity contribution is -0.148. The van der Waals surface area contributed by atoms with Crippen LogP contribution in [0.25, 0.3) is 11.1 Å². The summed E-state index contributed by atoms with van der Waals surface area (Å²) < 4.78 is 7.21. The fourth-order valence-electron chi connectivity index (χ4n) is 4.38. The number of aryl methyl sites for hydroxylation is 1. The van der Waals surface area contributed by atoms with Crippen molar-refractivity contribution >= 4 is 17.7 Å². The van der Waals surface area contributed by atoms with Crippen molar-refractivity contribution in [2.75, 3.05) is 0 Å². The number of rotatable bonds is 11. The standard InChI is InChI=1S/C31H38N2O4/c1-6-10-23-13-15-25(16-14-23)26-17-18-33(20-26)27(30(36)32-29(22(2)34)31(3,4)5)19-28(35)37-21-24-11-8-7-9-12-24/h7-9,11-18,20,27,29H,6,10,19,21H2,1-5H3,(H,32,36). The van der Waals surface area contributed by atoms with Crippen molar-refractivity contribution < 1.29 is 19.1 Å². The SMILES string of the molecule is CCCc1ccc(-c2ccn(C(CC(=O)OCc3ccccc3)C(=O)NC(C(C)=O)C(C)(C)C)c2)cc1. The second kappa shape index (κ2) is 12.5. The fraction of sp³-hybridized carbons (Fsp3) is 0.387. The molecule has 0 aliphatic heterocycles. The molecule has 2 aromatic carbocycles. The number of amides is 1. The number of nitrogens with zero attached hydrogens (tertiary/aromatic N) is 1. The number of carbonyl (C=O) groups is 3. The molecule has 6 nitrogen and oxygen atoms in total. The number of aromatic nitrogens is 1. The van der Waals surface area contributed by atoms with Crippen LogP contribution in [-0.2, 0) is 32.1 Å². The van der Waals surface area contributed by atoms with Crippen LogP contribution >= 0.6 is 0 Å². The van der Waals surface area contributed by atoms with Crippen LogP contribution < -0.4 is 5.32 Å². The van der Waals surface area contributed by atoms with Crippen LogP contribution in [0.3, 0.4) is 0 Å². The number of ether oxygens (including phenoxy) is 1. The fourth-order valence-corrected chi connectivity index (χ4v) is 4.38. The summed E-state index contributed by atoms with van der Waals surface area (Å²) in [5.41, 5.74) is 3.65. The molecule has 0 saturated heterocycles. The minimum Gasteiger partial charge on any atom is -0.461 e. The largest absolute Gasteiger partial charge is 0.461 e. The van der Waals surface area contributed by atoms with Crippen molar-refractivity contribution in [2.24, 2.45) is 5.41 Å². The monoisotopic (exact) mass is 502 g/mol. The molecule has 1 heterocycles. The highest BCUT2D eigenvalue weighted by Crippen LogP contribution is 2.26. The molecule has 37 heavy (non-hydrogen) atoms. The van der Waals surface area contributed by atoms with Gasteiger partial charge in [-0.1, -0.05) is 88.7 Å². The Bertz CT molecular complexity index is 1190. The summed E-state index contributed by atoms with van der Waals surface area (Å²) in [5, 5.41) is 2.89. The lowest BCUT2D eigenvalue weighted by Gasteiger charge is -2.31. The highest BCUT2D eigenvalue weighted by atomic mass is 16.5. The van der Waals surface area contributed by atoms with Gasteiger partial charge in [0.1, 0.15) is 12.6 Å². The Morgan fingerprint density at radius 3 is 2.19 bits per heavy atom. The minimum atomic E-state index is -0.861. The molecule has 0 aliphatic rings. The van der Waals surface area contributed by atoms with E-state index in [1.54, 1.807) is 10.8 Å². The molecule has 6 heteroatoms. The van der Waals surface area contributed by atoms with Gasteiger partial charge in [0.2, 0.25) is 5.91 Å². The average Bonchev–Trinajstić information content (AvgIpc) is 3.35. The zero-order valence-corrected chi connectivity index (χ0v) is 22.5. The van der Waals surface area contributed by atoms with Crippen molar-refractivity contribution in [1.82, 2.24) is 9.88 Å². The van der Waals surface area contributed by atoms with Gasteiger partial charge in [0.15, 0.2) is 5.78 Å². The molecule has 2 unspecified atom stereocenters. The van der Waals surface area contributed by atoms with Gasteiger partial charge in [-0.05, 0) is 47.1 Å². The highest BCUT2D eigenvalue weighted by molar-refractivity contribution is 5.91. The van der Waals surface area contributed by atoms with E-state index < -0.39 is 29.4 Å². The Hall–Kier alpha value is -3.67. The number of hydrogen-bond acceptors (Lipinski definition) is 4. The Morgan fingerprint density at radius 1 is 0.919 bits per heavy atom. The number of ketones is 1. The van der Waals surface area contributed by atoms with E-state index in [9.17, 15) is 14.4 Å². The van der Waals surface area contributed by atoms with Crippen LogP contribution in [0.2, 0.25) is 0 Å². The van der Waals surface area contributed by atoms with Crippen LogP contribution in [-0.4, -0.2) is 28.3 Å². The quantitative estimate of drug-likeness (QED) is 0.331. The average molecular weight is 503 g/mol. The van der Waals surface area contributed by atoms with Crippen LogP contribution in [0, 0.1) is 5.41 Å². The number of nitrogens with one attached hydrogen (secondary N) is 1. The van der Waals surface area contributed by atoms with Gasteiger partial charge in [0.25, 0.3) is 0 Å². The third-order valence-electron chi connectivity index (χ3n) is 6.36. The van der Waals surface area contributed by atoms with Crippen molar-refractivity contribution in [3.05, 3.63) is 84.2 Å². The van der Waals surface area contributed by atoms with E-state index >= 15 is 0 Å². The predicted molar refractivity (Wildman–Crippen MR) is 146 cm³/mol. The molecule has 0 fully saturated rings. The molecule has 196 valence electrons. The number of Topliss-reactive ketones (excluding diaryl/α,β-unsaturated/α-hetero) is 1. The molecular formula is C31H38N2O4. The second-order valence-corrected chi connectivity index (χ2v) is 10.6. The molecular weight excluding hydrogens is 464 g/mol. The molecule has 2 atom stereocenters. The smallest absolute Gasteiger partial charge is 0.308 e. The topological polar surface area (TPSA) is 77.4 Å². The predicted octanol–water partition coefficient (Wildman–Crippen LogP) is 5.90. The zero-order chi connectivity index (χ0) is 27.0. The molecule has 1 aromatic heterocycles. The second-order valence-electron chi connectivity index (χ2n) is 10.6. The van der Waals surface area contributed by atoms with Crippen LogP contribution in [0.5, 0.6) is 0 Å². The third-order valence-corrected chi connectivity index (χ3v) is 6.36.